The number of hydrogen-bond donors (Lipinski definition) is 0. The Bertz CT molecular complexity index is 522. The van der Waals surface area contributed by atoms with E-state index in [0.29, 0.717) is 0 Å². The lowest BCUT2D eigenvalue weighted by molar-refractivity contribution is -0.0957. The SMILES string of the molecule is CC1=CC2=C(C)C(C)=C3C=C(C)OC3(C)C2(C)O1. The molecule has 0 bridgehead atoms. The maximum atomic E-state index is 6.15. The fourth-order valence-corrected chi connectivity index (χ4v) is 3.54. The monoisotopic (exact) mass is 244 g/mol. The average molecular weight is 244 g/mol. The van der Waals surface area contributed by atoms with Gasteiger partial charge in [-0.2, -0.15) is 0 Å². The van der Waals surface area contributed by atoms with Crippen molar-refractivity contribution in [2.45, 2.75) is 52.7 Å². The number of rotatable bonds is 0. The van der Waals surface area contributed by atoms with Crippen LogP contribution >= 0.6 is 0 Å². The molecule has 2 aliphatic heterocycles. The first-order valence-electron chi connectivity index (χ1n) is 6.47. The zero-order valence-corrected chi connectivity index (χ0v) is 12.0. The second kappa shape index (κ2) is 3.11. The fourth-order valence-electron chi connectivity index (χ4n) is 3.54. The smallest absolute Gasteiger partial charge is 0.174 e. The van der Waals surface area contributed by atoms with Crippen LogP contribution in [0.3, 0.4) is 0 Å². The number of fused-ring (bicyclic) bond motifs is 3. The van der Waals surface area contributed by atoms with Crippen LogP contribution in [-0.4, -0.2) is 11.2 Å². The standard InChI is InChI=1S/C16H20O2/c1-9-7-13-11(3)12(4)14-8-10(2)18-16(14,6)15(13,5)17-9/h7-8H,1-6H3. The highest BCUT2D eigenvalue weighted by Crippen LogP contribution is 2.55. The molecule has 0 amide bonds. The number of allylic oxidation sites excluding steroid dienone is 4. The quantitative estimate of drug-likeness (QED) is 0.640. The van der Waals surface area contributed by atoms with Crippen molar-refractivity contribution in [2.75, 3.05) is 0 Å². The highest BCUT2D eigenvalue weighted by Gasteiger charge is 2.60. The summed E-state index contributed by atoms with van der Waals surface area (Å²) in [6.07, 6.45) is 4.30. The molecule has 0 aromatic heterocycles. The lowest BCUT2D eigenvalue weighted by atomic mass is 9.68. The molecule has 2 unspecified atom stereocenters. The molecule has 3 aliphatic rings. The molecule has 2 heteroatoms. The van der Waals surface area contributed by atoms with Crippen LogP contribution in [0.1, 0.15) is 41.5 Å². The summed E-state index contributed by atoms with van der Waals surface area (Å²) in [6.45, 7) is 12.6. The third-order valence-electron chi connectivity index (χ3n) is 4.73. The summed E-state index contributed by atoms with van der Waals surface area (Å²) in [5.74, 6) is 1.94. The van der Waals surface area contributed by atoms with Crippen LogP contribution in [0, 0.1) is 0 Å². The molecule has 0 spiro atoms. The van der Waals surface area contributed by atoms with Crippen molar-refractivity contribution >= 4 is 0 Å². The van der Waals surface area contributed by atoms with Gasteiger partial charge < -0.3 is 9.47 Å². The van der Waals surface area contributed by atoms with Crippen molar-refractivity contribution in [2.24, 2.45) is 0 Å². The molecule has 3 rings (SSSR count). The first-order chi connectivity index (χ1) is 8.29. The third-order valence-corrected chi connectivity index (χ3v) is 4.73. The second-order valence-electron chi connectivity index (χ2n) is 5.86. The first kappa shape index (κ1) is 11.6. The second-order valence-corrected chi connectivity index (χ2v) is 5.86. The topological polar surface area (TPSA) is 18.5 Å². The van der Waals surface area contributed by atoms with Gasteiger partial charge in [0.25, 0.3) is 0 Å². The van der Waals surface area contributed by atoms with E-state index in [4.69, 9.17) is 9.47 Å². The predicted molar refractivity (Wildman–Crippen MR) is 71.9 cm³/mol. The van der Waals surface area contributed by atoms with E-state index in [9.17, 15) is 0 Å². The third kappa shape index (κ3) is 1.09. The molecule has 1 aliphatic carbocycles. The van der Waals surface area contributed by atoms with Crippen LogP contribution in [0.25, 0.3) is 0 Å². The number of hydrogen-bond acceptors (Lipinski definition) is 2. The summed E-state index contributed by atoms with van der Waals surface area (Å²) in [5.41, 5.74) is 4.32. The molecular formula is C16H20O2. The average Bonchev–Trinajstić information content (AvgIpc) is 2.75. The van der Waals surface area contributed by atoms with E-state index >= 15 is 0 Å². The normalized spacial score (nSPS) is 37.9. The van der Waals surface area contributed by atoms with Crippen LogP contribution in [0.2, 0.25) is 0 Å². The Morgan fingerprint density at radius 3 is 1.39 bits per heavy atom. The molecule has 18 heavy (non-hydrogen) atoms. The Labute approximate surface area is 109 Å². The van der Waals surface area contributed by atoms with Gasteiger partial charge >= 0.3 is 0 Å². The maximum Gasteiger partial charge on any atom is 0.174 e. The summed E-state index contributed by atoms with van der Waals surface area (Å²) in [7, 11) is 0. The summed E-state index contributed by atoms with van der Waals surface area (Å²) < 4.78 is 12.3. The zero-order chi connectivity index (χ0) is 13.3. The lowest BCUT2D eigenvalue weighted by Gasteiger charge is -2.46. The minimum atomic E-state index is -0.412. The Morgan fingerprint density at radius 2 is 1.06 bits per heavy atom. The highest BCUT2D eigenvalue weighted by molar-refractivity contribution is 5.61. The molecule has 0 N–H and O–H groups in total. The van der Waals surface area contributed by atoms with Gasteiger partial charge in [0.15, 0.2) is 11.2 Å². The van der Waals surface area contributed by atoms with Crippen molar-refractivity contribution in [1.29, 1.82) is 0 Å². The molecule has 0 fully saturated rings. The lowest BCUT2D eigenvalue weighted by Crippen LogP contribution is -2.54. The van der Waals surface area contributed by atoms with Crippen LogP contribution in [0.4, 0.5) is 0 Å². The summed E-state index contributed by atoms with van der Waals surface area (Å²) >= 11 is 0. The molecule has 0 aromatic rings. The Hall–Kier alpha value is -1.44. The first-order valence-corrected chi connectivity index (χ1v) is 6.47. The van der Waals surface area contributed by atoms with E-state index in [1.54, 1.807) is 0 Å². The molecule has 0 saturated heterocycles. The molecule has 0 saturated carbocycles. The summed E-state index contributed by atoms with van der Waals surface area (Å²) in [6, 6.07) is 0. The van der Waals surface area contributed by atoms with Crippen LogP contribution < -0.4 is 0 Å². The minimum Gasteiger partial charge on any atom is -0.483 e. The van der Waals surface area contributed by atoms with Gasteiger partial charge in [0, 0.05) is 11.1 Å². The van der Waals surface area contributed by atoms with Crippen molar-refractivity contribution in [3.8, 4) is 0 Å². The van der Waals surface area contributed by atoms with E-state index in [2.05, 4.69) is 39.8 Å². The Kier molecular flexibility index (Phi) is 2.01. The van der Waals surface area contributed by atoms with Gasteiger partial charge in [0.1, 0.15) is 0 Å². The van der Waals surface area contributed by atoms with Gasteiger partial charge in [-0.1, -0.05) is 0 Å². The highest BCUT2D eigenvalue weighted by atomic mass is 16.6. The molecule has 2 atom stereocenters. The number of ether oxygens (including phenoxy) is 2. The van der Waals surface area contributed by atoms with Gasteiger partial charge in [-0.15, -0.1) is 0 Å². The largest absolute Gasteiger partial charge is 0.483 e. The van der Waals surface area contributed by atoms with Crippen molar-refractivity contribution < 1.29 is 9.47 Å². The van der Waals surface area contributed by atoms with E-state index < -0.39 is 11.2 Å². The molecule has 2 heterocycles. The van der Waals surface area contributed by atoms with E-state index in [1.165, 1.54) is 22.3 Å². The Balaban J connectivity index is 2.30. The molecular weight excluding hydrogens is 224 g/mol. The van der Waals surface area contributed by atoms with E-state index in [0.717, 1.165) is 11.5 Å². The van der Waals surface area contributed by atoms with Crippen LogP contribution in [-0.2, 0) is 9.47 Å². The summed E-state index contributed by atoms with van der Waals surface area (Å²) in [5, 5.41) is 0. The van der Waals surface area contributed by atoms with Gasteiger partial charge in [0.2, 0.25) is 0 Å². The molecule has 2 nitrogen and oxygen atoms in total. The van der Waals surface area contributed by atoms with Gasteiger partial charge in [-0.25, -0.2) is 0 Å². The minimum absolute atomic E-state index is 0.412. The van der Waals surface area contributed by atoms with E-state index in [-0.39, 0.29) is 0 Å². The summed E-state index contributed by atoms with van der Waals surface area (Å²) in [4.78, 5) is 0. The molecule has 96 valence electrons. The fraction of sp³-hybridized carbons (Fsp3) is 0.500. The van der Waals surface area contributed by atoms with Crippen molar-refractivity contribution in [3.05, 3.63) is 46.0 Å². The maximum absolute atomic E-state index is 6.15. The van der Waals surface area contributed by atoms with Gasteiger partial charge in [0.05, 0.1) is 11.5 Å². The van der Waals surface area contributed by atoms with Crippen LogP contribution in [0.15, 0.2) is 46.0 Å². The predicted octanol–water partition coefficient (Wildman–Crippen LogP) is 4.02. The molecule has 0 radical (unpaired) electrons. The van der Waals surface area contributed by atoms with Crippen molar-refractivity contribution in [1.82, 2.24) is 0 Å². The van der Waals surface area contributed by atoms with E-state index in [1.807, 2.05) is 13.8 Å². The zero-order valence-electron chi connectivity index (χ0n) is 12.0. The molecule has 0 aromatic carbocycles. The Morgan fingerprint density at radius 1 is 0.722 bits per heavy atom. The van der Waals surface area contributed by atoms with Crippen LogP contribution in [0.5, 0.6) is 0 Å². The van der Waals surface area contributed by atoms with Gasteiger partial charge in [-0.05, 0) is 64.8 Å². The van der Waals surface area contributed by atoms with Crippen molar-refractivity contribution in [3.63, 3.8) is 0 Å². The van der Waals surface area contributed by atoms with Gasteiger partial charge in [-0.3, -0.25) is 0 Å².